The third kappa shape index (κ3) is 9.79. The lowest BCUT2D eigenvalue weighted by molar-refractivity contribution is -0.140. The lowest BCUT2D eigenvalue weighted by Crippen LogP contribution is -2.28. The summed E-state index contributed by atoms with van der Waals surface area (Å²) in [6.07, 6.45) is 0.859. The summed E-state index contributed by atoms with van der Waals surface area (Å²) >= 11 is 0. The van der Waals surface area contributed by atoms with Crippen molar-refractivity contribution in [2.45, 2.75) is 74.9 Å². The van der Waals surface area contributed by atoms with Crippen molar-refractivity contribution < 1.29 is 27.5 Å². The molecule has 0 saturated carbocycles. The molecule has 0 bridgehead atoms. The summed E-state index contributed by atoms with van der Waals surface area (Å²) in [5.41, 5.74) is 5.80. The molecule has 0 aliphatic rings. The number of hydrogen-bond acceptors (Lipinski definition) is 8. The molecule has 2 amide bonds. The Kier molecular flexibility index (Phi) is 12.1. The molecule has 12 nitrogen and oxygen atoms in total. The summed E-state index contributed by atoms with van der Waals surface area (Å²) in [7, 11) is 0. The maximum atomic E-state index is 13.4. The number of benzene rings is 2. The van der Waals surface area contributed by atoms with E-state index in [-0.39, 0.29) is 23.1 Å². The Labute approximate surface area is 346 Å². The zero-order valence-electron chi connectivity index (χ0n) is 35.1. The SMILES string of the molecule is CCOc1ccc2nc(-c3ccc(CC)c(NC(=O)C(C)(C)C)c3)cn2n1.Cc1ccc(-c2cn3nc(-c4cccnc4C(F)(F)F)ccc3n2)cc1NC(=O)C(C)(C)C. The molecule has 2 N–H and O–H groups in total. The van der Waals surface area contributed by atoms with Crippen molar-refractivity contribution >= 4 is 34.5 Å². The van der Waals surface area contributed by atoms with Gasteiger partial charge in [0, 0.05) is 51.2 Å². The van der Waals surface area contributed by atoms with Crippen LogP contribution in [0, 0.1) is 17.8 Å². The van der Waals surface area contributed by atoms with Gasteiger partial charge in [-0.25, -0.2) is 19.0 Å². The predicted octanol–water partition coefficient (Wildman–Crippen LogP) is 10.1. The summed E-state index contributed by atoms with van der Waals surface area (Å²) in [4.78, 5) is 37.5. The number of carbonyl (C=O) groups excluding carboxylic acids is 2. The number of aromatic nitrogens is 7. The number of amides is 2. The largest absolute Gasteiger partial charge is 0.477 e. The average Bonchev–Trinajstić information content (AvgIpc) is 3.82. The molecule has 0 aliphatic heterocycles. The molecule has 7 rings (SSSR count). The van der Waals surface area contributed by atoms with Crippen LogP contribution in [0.15, 0.2) is 91.4 Å². The first-order valence-electron chi connectivity index (χ1n) is 19.5. The fourth-order valence-electron chi connectivity index (χ4n) is 5.93. The zero-order valence-corrected chi connectivity index (χ0v) is 35.1. The van der Waals surface area contributed by atoms with E-state index in [1.807, 2.05) is 110 Å². The van der Waals surface area contributed by atoms with Gasteiger partial charge in [-0.1, -0.05) is 72.7 Å². The monoisotopic (exact) mass is 819 g/mol. The number of ether oxygens (including phenoxy) is 1. The number of halogens is 3. The molecule has 15 heteroatoms. The standard InChI is InChI=1S/C24H22F3N5O.C21H26N4O2/c1-14-7-8-15(12-18(14)30-22(33)23(2,3)4)19-13-32-20(29-19)10-9-17(31-32)16-6-5-11-28-21(16)24(25,26)27;1-6-14-8-9-15(12-16(14)23-20(26)21(3,4)5)17-13-25-18(22-17)10-11-19(24-25)27-7-2/h5-13H,1-4H3,(H,30,33);8-13H,6-7H2,1-5H3,(H,23,26). The quantitative estimate of drug-likeness (QED) is 0.154. The molecule has 312 valence electrons. The first kappa shape index (κ1) is 43.0. The maximum absolute atomic E-state index is 13.4. The van der Waals surface area contributed by atoms with Crippen molar-refractivity contribution in [3.8, 4) is 39.7 Å². The van der Waals surface area contributed by atoms with Gasteiger partial charge in [-0.3, -0.25) is 14.6 Å². The smallest absolute Gasteiger partial charge is 0.434 e. The number of alkyl halides is 3. The Morgan fingerprint density at radius 2 is 1.27 bits per heavy atom. The van der Waals surface area contributed by atoms with E-state index in [1.54, 1.807) is 16.8 Å². The van der Waals surface area contributed by atoms with Crippen LogP contribution >= 0.6 is 0 Å². The summed E-state index contributed by atoms with van der Waals surface area (Å²) in [6.45, 7) is 17.7. The number of anilines is 2. The molecule has 0 saturated heterocycles. The molecule has 0 fully saturated rings. The number of rotatable bonds is 8. The molecule has 60 heavy (non-hydrogen) atoms. The number of carbonyl (C=O) groups is 2. The van der Waals surface area contributed by atoms with Gasteiger partial charge < -0.3 is 15.4 Å². The Morgan fingerprint density at radius 3 is 1.85 bits per heavy atom. The van der Waals surface area contributed by atoms with Crippen molar-refractivity contribution in [1.29, 1.82) is 0 Å². The molecule has 2 aromatic carbocycles. The van der Waals surface area contributed by atoms with Crippen molar-refractivity contribution in [1.82, 2.24) is 34.2 Å². The van der Waals surface area contributed by atoms with E-state index in [1.165, 1.54) is 22.7 Å². The van der Waals surface area contributed by atoms with Crippen LogP contribution in [0.5, 0.6) is 5.88 Å². The van der Waals surface area contributed by atoms with Crippen LogP contribution in [0.3, 0.4) is 0 Å². The fourth-order valence-corrected chi connectivity index (χ4v) is 5.93. The highest BCUT2D eigenvalue weighted by atomic mass is 19.4. The van der Waals surface area contributed by atoms with Gasteiger partial charge in [0.2, 0.25) is 17.7 Å². The third-order valence-electron chi connectivity index (χ3n) is 9.44. The second-order valence-electron chi connectivity index (χ2n) is 16.2. The Hall–Kier alpha value is -6.64. The van der Waals surface area contributed by atoms with Gasteiger partial charge in [0.1, 0.15) is 0 Å². The Morgan fingerprint density at radius 1 is 0.700 bits per heavy atom. The number of nitrogens with zero attached hydrogens (tertiary/aromatic N) is 7. The van der Waals surface area contributed by atoms with Crippen molar-refractivity contribution in [2.24, 2.45) is 10.8 Å². The van der Waals surface area contributed by atoms with E-state index >= 15 is 0 Å². The molecule has 7 aromatic rings. The minimum Gasteiger partial charge on any atom is -0.477 e. The van der Waals surface area contributed by atoms with Gasteiger partial charge >= 0.3 is 6.18 Å². The molecule has 0 radical (unpaired) electrons. The summed E-state index contributed by atoms with van der Waals surface area (Å²) < 4.78 is 48.7. The average molecular weight is 820 g/mol. The highest BCUT2D eigenvalue weighted by Crippen LogP contribution is 2.35. The van der Waals surface area contributed by atoms with Crippen LogP contribution in [0.1, 0.15) is 72.2 Å². The lowest BCUT2D eigenvalue weighted by atomic mass is 9.95. The molecule has 0 aliphatic carbocycles. The van der Waals surface area contributed by atoms with Crippen LogP contribution in [-0.2, 0) is 22.2 Å². The second-order valence-corrected chi connectivity index (χ2v) is 16.2. The highest BCUT2D eigenvalue weighted by molar-refractivity contribution is 5.96. The van der Waals surface area contributed by atoms with Crippen molar-refractivity contribution in [2.75, 3.05) is 17.2 Å². The van der Waals surface area contributed by atoms with Gasteiger partial charge in [-0.15, -0.1) is 5.10 Å². The highest BCUT2D eigenvalue weighted by Gasteiger charge is 2.36. The van der Waals surface area contributed by atoms with Crippen LogP contribution in [0.25, 0.3) is 45.1 Å². The minimum absolute atomic E-state index is 0.00706. The molecular weight excluding hydrogens is 772 g/mol. The summed E-state index contributed by atoms with van der Waals surface area (Å²) in [6, 6.07) is 21.2. The first-order valence-corrected chi connectivity index (χ1v) is 19.5. The normalized spacial score (nSPS) is 11.9. The Bertz CT molecular complexity index is 2690. The zero-order chi connectivity index (χ0) is 43.6. The number of nitrogens with one attached hydrogen (secondary N) is 2. The maximum Gasteiger partial charge on any atom is 0.434 e. The fraction of sp³-hybridized carbons (Fsp3) is 0.311. The van der Waals surface area contributed by atoms with Gasteiger partial charge in [-0.2, -0.15) is 18.3 Å². The van der Waals surface area contributed by atoms with Crippen molar-refractivity contribution in [3.05, 3.63) is 108 Å². The summed E-state index contributed by atoms with van der Waals surface area (Å²) in [5.74, 6) is 0.446. The van der Waals surface area contributed by atoms with Gasteiger partial charge in [0.15, 0.2) is 17.0 Å². The van der Waals surface area contributed by atoms with E-state index < -0.39 is 22.7 Å². The third-order valence-corrected chi connectivity index (χ3v) is 9.44. The van der Waals surface area contributed by atoms with Crippen molar-refractivity contribution in [3.63, 3.8) is 0 Å². The molecule has 0 unspecified atom stereocenters. The predicted molar refractivity (Wildman–Crippen MR) is 227 cm³/mol. The number of aryl methyl sites for hydroxylation is 2. The van der Waals surface area contributed by atoms with E-state index in [2.05, 4.69) is 42.7 Å². The number of hydrogen-bond donors (Lipinski definition) is 2. The van der Waals surface area contributed by atoms with Gasteiger partial charge in [0.05, 0.1) is 36.1 Å². The number of pyridine rings is 1. The molecule has 5 aromatic heterocycles. The number of imidazole rings is 2. The molecular formula is C45H48F3N9O3. The van der Waals surface area contributed by atoms with Crippen LogP contribution < -0.4 is 15.4 Å². The molecule has 0 atom stereocenters. The van der Waals surface area contributed by atoms with Crippen LogP contribution in [0.2, 0.25) is 0 Å². The second kappa shape index (κ2) is 16.9. The van der Waals surface area contributed by atoms with E-state index in [9.17, 15) is 22.8 Å². The van der Waals surface area contributed by atoms with Crippen LogP contribution in [-0.4, -0.2) is 52.6 Å². The number of fused-ring (bicyclic) bond motifs is 2. The van der Waals surface area contributed by atoms with Gasteiger partial charge in [-0.05, 0) is 73.9 Å². The van der Waals surface area contributed by atoms with Gasteiger partial charge in [0.25, 0.3) is 0 Å². The van der Waals surface area contributed by atoms with Crippen LogP contribution in [0.4, 0.5) is 24.5 Å². The van der Waals surface area contributed by atoms with E-state index in [0.717, 1.165) is 51.9 Å². The topological polar surface area (TPSA) is 141 Å². The summed E-state index contributed by atoms with van der Waals surface area (Å²) in [5, 5.41) is 14.7. The van der Waals surface area contributed by atoms with E-state index in [4.69, 9.17) is 4.74 Å². The van der Waals surface area contributed by atoms with E-state index in [0.29, 0.717) is 29.5 Å². The molecule has 0 spiro atoms. The minimum atomic E-state index is -4.59. The lowest BCUT2D eigenvalue weighted by Gasteiger charge is -2.19. The molecule has 5 heterocycles. The Balaban J connectivity index is 0.000000205. The first-order chi connectivity index (χ1) is 28.2.